The van der Waals surface area contributed by atoms with Crippen LogP contribution in [-0.4, -0.2) is 28.7 Å². The van der Waals surface area contributed by atoms with Gasteiger partial charge in [0.15, 0.2) is 0 Å². The van der Waals surface area contributed by atoms with Crippen LogP contribution < -0.4 is 4.74 Å². The molecule has 3 aromatic rings. The average molecular weight is 383 g/mol. The Labute approximate surface area is 160 Å². The van der Waals surface area contributed by atoms with E-state index in [0.717, 1.165) is 0 Å². The number of nitrogens with zero attached hydrogens (tertiary/aromatic N) is 2. The van der Waals surface area contributed by atoms with E-state index in [1.807, 2.05) is 6.07 Å². The number of methoxy groups -OCH3 is 1. The molecule has 0 saturated heterocycles. The summed E-state index contributed by atoms with van der Waals surface area (Å²) in [6.45, 7) is 1.69. The molecule has 0 spiro atoms. The molecule has 136 valence electrons. The second-order valence-corrected chi connectivity index (χ2v) is 6.38. The Hall–Kier alpha value is -3.30. The summed E-state index contributed by atoms with van der Waals surface area (Å²) >= 11 is 6.23. The second-order valence-electron chi connectivity index (χ2n) is 5.97. The van der Waals surface area contributed by atoms with E-state index in [0.29, 0.717) is 44.1 Å². The maximum absolute atomic E-state index is 13.1. The van der Waals surface area contributed by atoms with E-state index in [4.69, 9.17) is 21.6 Å². The Morgan fingerprint density at radius 1 is 1.26 bits per heavy atom. The summed E-state index contributed by atoms with van der Waals surface area (Å²) in [4.78, 5) is 24.4. The molecular formula is C20H15ClN2O4. The maximum atomic E-state index is 13.1. The zero-order valence-corrected chi connectivity index (χ0v) is 15.4. The first-order valence-corrected chi connectivity index (χ1v) is 8.39. The van der Waals surface area contributed by atoms with E-state index in [9.17, 15) is 14.7 Å². The van der Waals surface area contributed by atoms with Gasteiger partial charge in [-0.3, -0.25) is 14.2 Å². The van der Waals surface area contributed by atoms with Crippen molar-refractivity contribution in [1.29, 1.82) is 5.26 Å². The van der Waals surface area contributed by atoms with Crippen molar-refractivity contribution in [2.75, 3.05) is 7.11 Å². The molecular weight excluding hydrogens is 368 g/mol. The predicted molar refractivity (Wildman–Crippen MR) is 100 cm³/mol. The molecule has 7 heteroatoms. The van der Waals surface area contributed by atoms with Gasteiger partial charge < -0.3 is 9.84 Å². The van der Waals surface area contributed by atoms with Crippen LogP contribution in [-0.2, 0) is 11.2 Å². The number of hydrogen-bond donors (Lipinski definition) is 1. The fourth-order valence-electron chi connectivity index (χ4n) is 3.09. The fraction of sp³-hybridized carbons (Fsp3) is 0.150. The number of ether oxygens (including phenoxy) is 1. The Bertz CT molecular complexity index is 1110. The van der Waals surface area contributed by atoms with Crippen LogP contribution in [0.3, 0.4) is 0 Å². The van der Waals surface area contributed by atoms with Crippen molar-refractivity contribution in [2.24, 2.45) is 0 Å². The van der Waals surface area contributed by atoms with Crippen LogP contribution in [0, 0.1) is 18.3 Å². The third kappa shape index (κ3) is 3.25. The highest BCUT2D eigenvalue weighted by molar-refractivity contribution is 6.33. The van der Waals surface area contributed by atoms with Gasteiger partial charge in [0, 0.05) is 16.6 Å². The molecule has 0 fully saturated rings. The van der Waals surface area contributed by atoms with Crippen molar-refractivity contribution in [3.63, 3.8) is 0 Å². The molecule has 0 saturated carbocycles. The molecule has 0 unspecified atom stereocenters. The van der Waals surface area contributed by atoms with E-state index in [-0.39, 0.29) is 12.3 Å². The molecule has 0 aliphatic rings. The van der Waals surface area contributed by atoms with Crippen LogP contribution in [0.4, 0.5) is 0 Å². The number of halogens is 1. The first-order chi connectivity index (χ1) is 12.9. The third-order valence-corrected chi connectivity index (χ3v) is 4.70. The van der Waals surface area contributed by atoms with Crippen molar-refractivity contribution in [2.45, 2.75) is 13.3 Å². The smallest absolute Gasteiger partial charge is 0.307 e. The lowest BCUT2D eigenvalue weighted by atomic mass is 10.1. The van der Waals surface area contributed by atoms with Crippen molar-refractivity contribution in [3.05, 3.63) is 63.8 Å². The van der Waals surface area contributed by atoms with Crippen LogP contribution in [0.2, 0.25) is 5.02 Å². The summed E-state index contributed by atoms with van der Waals surface area (Å²) < 4.78 is 6.67. The van der Waals surface area contributed by atoms with E-state index in [2.05, 4.69) is 0 Å². The Morgan fingerprint density at radius 2 is 1.93 bits per heavy atom. The number of carbonyl (C=O) groups excluding carboxylic acids is 1. The van der Waals surface area contributed by atoms with Gasteiger partial charge in [-0.25, -0.2) is 0 Å². The van der Waals surface area contributed by atoms with Gasteiger partial charge in [-0.2, -0.15) is 5.26 Å². The normalized spacial score (nSPS) is 10.6. The molecule has 27 heavy (non-hydrogen) atoms. The van der Waals surface area contributed by atoms with Crippen molar-refractivity contribution >= 4 is 34.4 Å². The molecule has 6 nitrogen and oxygen atoms in total. The summed E-state index contributed by atoms with van der Waals surface area (Å²) in [7, 11) is 1.47. The minimum Gasteiger partial charge on any atom is -0.495 e. The van der Waals surface area contributed by atoms with Crippen LogP contribution in [0.25, 0.3) is 10.9 Å². The number of rotatable bonds is 4. The highest BCUT2D eigenvalue weighted by Crippen LogP contribution is 2.35. The number of nitriles is 1. The standard InChI is InChI=1S/C20H15ClN2O4/c1-11-14(8-19(24)25)15-7-18(27-2)16(21)9-17(15)23(11)20(26)13-5-3-12(10-22)4-6-13/h3-7,9H,8H2,1-2H3,(H,24,25). The lowest BCUT2D eigenvalue weighted by Crippen LogP contribution is -2.14. The summed E-state index contributed by atoms with van der Waals surface area (Å²) in [5.41, 5.74) is 2.37. The molecule has 0 aliphatic heterocycles. The van der Waals surface area contributed by atoms with Gasteiger partial charge in [0.2, 0.25) is 0 Å². The zero-order valence-electron chi connectivity index (χ0n) is 14.6. The molecule has 3 rings (SSSR count). The molecule has 0 amide bonds. The Morgan fingerprint density at radius 3 is 2.48 bits per heavy atom. The van der Waals surface area contributed by atoms with Gasteiger partial charge >= 0.3 is 5.97 Å². The van der Waals surface area contributed by atoms with Crippen molar-refractivity contribution < 1.29 is 19.4 Å². The number of hydrogen-bond acceptors (Lipinski definition) is 4. The number of carboxylic acids is 1. The van der Waals surface area contributed by atoms with E-state index >= 15 is 0 Å². The first-order valence-electron chi connectivity index (χ1n) is 8.01. The fourth-order valence-corrected chi connectivity index (χ4v) is 3.32. The molecule has 2 aromatic carbocycles. The quantitative estimate of drug-likeness (QED) is 0.740. The monoisotopic (exact) mass is 382 g/mol. The topological polar surface area (TPSA) is 92.3 Å². The molecule has 1 heterocycles. The highest BCUT2D eigenvalue weighted by Gasteiger charge is 2.23. The minimum atomic E-state index is -1.00. The van der Waals surface area contributed by atoms with E-state index in [1.54, 1.807) is 43.3 Å². The van der Waals surface area contributed by atoms with Gasteiger partial charge in [-0.15, -0.1) is 0 Å². The van der Waals surface area contributed by atoms with Crippen molar-refractivity contribution in [1.82, 2.24) is 4.57 Å². The van der Waals surface area contributed by atoms with Gasteiger partial charge in [-0.1, -0.05) is 11.6 Å². The van der Waals surface area contributed by atoms with Crippen LogP contribution in [0.1, 0.15) is 27.2 Å². The van der Waals surface area contributed by atoms with Gasteiger partial charge in [0.05, 0.1) is 35.7 Å². The molecule has 1 N–H and O–H groups in total. The van der Waals surface area contributed by atoms with Crippen LogP contribution in [0.15, 0.2) is 36.4 Å². The van der Waals surface area contributed by atoms with Crippen LogP contribution >= 0.6 is 11.6 Å². The molecule has 0 radical (unpaired) electrons. The first kappa shape index (κ1) is 18.5. The molecule has 1 aromatic heterocycles. The number of carboxylic acid groups (broad SMARTS) is 1. The van der Waals surface area contributed by atoms with E-state index < -0.39 is 5.97 Å². The van der Waals surface area contributed by atoms with Gasteiger partial charge in [-0.05, 0) is 48.9 Å². The predicted octanol–water partition coefficient (Wildman–Crippen LogP) is 3.80. The van der Waals surface area contributed by atoms with E-state index in [1.165, 1.54) is 11.7 Å². The van der Waals surface area contributed by atoms with Gasteiger partial charge in [0.25, 0.3) is 5.91 Å². The lowest BCUT2D eigenvalue weighted by molar-refractivity contribution is -0.136. The summed E-state index contributed by atoms with van der Waals surface area (Å²) in [5.74, 6) is -0.935. The number of aliphatic carboxylic acids is 1. The number of carbonyl (C=O) groups is 2. The van der Waals surface area contributed by atoms with Gasteiger partial charge in [0.1, 0.15) is 5.75 Å². The lowest BCUT2D eigenvalue weighted by Gasteiger charge is -2.08. The molecule has 0 aliphatic carbocycles. The summed E-state index contributed by atoms with van der Waals surface area (Å²) in [6.07, 6.45) is -0.235. The average Bonchev–Trinajstić information content (AvgIpc) is 2.91. The maximum Gasteiger partial charge on any atom is 0.307 e. The second kappa shape index (κ2) is 7.14. The zero-order chi connectivity index (χ0) is 19.7. The van der Waals surface area contributed by atoms with Crippen molar-refractivity contribution in [3.8, 4) is 11.8 Å². The Kier molecular flexibility index (Phi) is 4.89. The third-order valence-electron chi connectivity index (χ3n) is 4.40. The number of aromatic nitrogens is 1. The molecule has 0 atom stereocenters. The highest BCUT2D eigenvalue weighted by atomic mass is 35.5. The largest absolute Gasteiger partial charge is 0.495 e. The number of benzene rings is 2. The Balaban J connectivity index is 2.26. The molecule has 0 bridgehead atoms. The number of fused-ring (bicyclic) bond motifs is 1. The minimum absolute atomic E-state index is 0.235. The van der Waals surface area contributed by atoms with Crippen LogP contribution in [0.5, 0.6) is 5.75 Å². The SMILES string of the molecule is COc1cc2c(CC(=O)O)c(C)n(C(=O)c3ccc(C#N)cc3)c2cc1Cl. The summed E-state index contributed by atoms with van der Waals surface area (Å²) in [6, 6.07) is 11.5. The summed E-state index contributed by atoms with van der Waals surface area (Å²) in [5, 5.41) is 19.1.